The number of morpholine rings is 1. The highest BCUT2D eigenvalue weighted by molar-refractivity contribution is 7.92. The molecule has 1 saturated heterocycles. The molecule has 0 saturated carbocycles. The average Bonchev–Trinajstić information content (AvgIpc) is 2.85. The van der Waals surface area contributed by atoms with Crippen molar-refractivity contribution >= 4 is 27.3 Å². The second kappa shape index (κ2) is 10.5. The zero-order chi connectivity index (χ0) is 23.1. The molecular formula is C24H26N4O4S. The van der Waals surface area contributed by atoms with Crippen LogP contribution >= 0.6 is 0 Å². The van der Waals surface area contributed by atoms with E-state index in [0.717, 1.165) is 24.3 Å². The quantitative estimate of drug-likeness (QED) is 0.530. The number of nitrogens with one attached hydrogen (secondary N) is 2. The first kappa shape index (κ1) is 22.8. The molecule has 1 aliphatic rings. The molecule has 1 amide bonds. The van der Waals surface area contributed by atoms with Gasteiger partial charge in [0.15, 0.2) is 0 Å². The van der Waals surface area contributed by atoms with E-state index in [4.69, 9.17) is 4.74 Å². The predicted molar refractivity (Wildman–Crippen MR) is 127 cm³/mol. The van der Waals surface area contributed by atoms with Crippen molar-refractivity contribution in [2.75, 3.05) is 42.5 Å². The number of sulfonamides is 1. The number of carbonyl (C=O) groups excluding carboxylic acids is 1. The predicted octanol–water partition coefficient (Wildman–Crippen LogP) is 2.69. The maximum absolute atomic E-state index is 12.8. The molecule has 9 heteroatoms. The number of aromatic nitrogens is 1. The fourth-order valence-corrected chi connectivity index (χ4v) is 4.59. The van der Waals surface area contributed by atoms with Crippen LogP contribution in [0.4, 0.5) is 11.4 Å². The van der Waals surface area contributed by atoms with Gasteiger partial charge in [-0.3, -0.25) is 14.5 Å². The third kappa shape index (κ3) is 6.09. The number of benzene rings is 2. The summed E-state index contributed by atoms with van der Waals surface area (Å²) in [6.07, 6.45) is 4.11. The molecule has 172 valence electrons. The van der Waals surface area contributed by atoms with E-state index < -0.39 is 10.0 Å². The molecule has 2 N–H and O–H groups in total. The van der Waals surface area contributed by atoms with Gasteiger partial charge >= 0.3 is 0 Å². The molecule has 1 aromatic heterocycles. The summed E-state index contributed by atoms with van der Waals surface area (Å²) in [5.41, 5.74) is 2.99. The third-order valence-corrected chi connectivity index (χ3v) is 6.77. The van der Waals surface area contributed by atoms with Crippen molar-refractivity contribution in [2.45, 2.75) is 11.3 Å². The third-order valence-electron chi connectivity index (χ3n) is 5.37. The van der Waals surface area contributed by atoms with Crippen LogP contribution < -0.4 is 14.9 Å². The molecule has 3 aromatic rings. The molecule has 4 rings (SSSR count). The minimum absolute atomic E-state index is 0.0908. The summed E-state index contributed by atoms with van der Waals surface area (Å²) in [4.78, 5) is 18.6. The first-order chi connectivity index (χ1) is 16.0. The summed E-state index contributed by atoms with van der Waals surface area (Å²) in [5.74, 6) is -0.250. The second-order valence-corrected chi connectivity index (χ2v) is 9.32. The Morgan fingerprint density at radius 2 is 1.61 bits per heavy atom. The number of amides is 1. The van der Waals surface area contributed by atoms with Gasteiger partial charge in [0.05, 0.1) is 18.1 Å². The van der Waals surface area contributed by atoms with Gasteiger partial charge < -0.3 is 15.0 Å². The van der Waals surface area contributed by atoms with Crippen molar-refractivity contribution in [3.8, 4) is 0 Å². The SMILES string of the molecule is O=C(NCCc1ccncc1)c1ccc(S(=O)(=O)Nc2ccc(N3CCOCC3)cc2)cc1. The molecule has 0 atom stereocenters. The molecule has 1 aliphatic heterocycles. The Morgan fingerprint density at radius 1 is 0.939 bits per heavy atom. The lowest BCUT2D eigenvalue weighted by atomic mass is 10.2. The van der Waals surface area contributed by atoms with Crippen molar-refractivity contribution in [3.05, 3.63) is 84.2 Å². The van der Waals surface area contributed by atoms with Crippen LogP contribution in [0, 0.1) is 0 Å². The van der Waals surface area contributed by atoms with Crippen molar-refractivity contribution in [2.24, 2.45) is 0 Å². The van der Waals surface area contributed by atoms with Gasteiger partial charge in [0.1, 0.15) is 0 Å². The van der Waals surface area contributed by atoms with Crippen LogP contribution in [0.25, 0.3) is 0 Å². The Bertz CT molecular complexity index is 1160. The largest absolute Gasteiger partial charge is 0.378 e. The van der Waals surface area contributed by atoms with Gasteiger partial charge in [0.25, 0.3) is 15.9 Å². The lowest BCUT2D eigenvalue weighted by Crippen LogP contribution is -2.36. The van der Waals surface area contributed by atoms with Gasteiger partial charge in [-0.05, 0) is 72.6 Å². The normalized spacial score (nSPS) is 14.0. The Hall–Kier alpha value is -3.43. The van der Waals surface area contributed by atoms with Gasteiger partial charge in [-0.2, -0.15) is 0 Å². The minimum atomic E-state index is -3.77. The van der Waals surface area contributed by atoms with Gasteiger partial charge in [-0.25, -0.2) is 8.42 Å². The number of ether oxygens (including phenoxy) is 1. The van der Waals surface area contributed by atoms with Crippen LogP contribution in [0.3, 0.4) is 0 Å². The summed E-state index contributed by atoms with van der Waals surface area (Å²) in [6.45, 7) is 3.48. The van der Waals surface area contributed by atoms with Crippen LogP contribution in [0.5, 0.6) is 0 Å². The van der Waals surface area contributed by atoms with Crippen LogP contribution in [-0.2, 0) is 21.2 Å². The summed E-state index contributed by atoms with van der Waals surface area (Å²) < 4.78 is 33.5. The molecule has 0 spiro atoms. The van der Waals surface area contributed by atoms with E-state index in [1.165, 1.54) is 24.3 Å². The Kier molecular flexibility index (Phi) is 7.21. The smallest absolute Gasteiger partial charge is 0.261 e. The Morgan fingerprint density at radius 3 is 2.27 bits per heavy atom. The lowest BCUT2D eigenvalue weighted by molar-refractivity contribution is 0.0954. The van der Waals surface area contributed by atoms with Gasteiger partial charge in [-0.15, -0.1) is 0 Å². The van der Waals surface area contributed by atoms with E-state index in [2.05, 4.69) is 19.9 Å². The highest BCUT2D eigenvalue weighted by Crippen LogP contribution is 2.21. The first-order valence-electron chi connectivity index (χ1n) is 10.7. The van der Waals surface area contributed by atoms with Crippen molar-refractivity contribution < 1.29 is 17.9 Å². The molecule has 0 unspecified atom stereocenters. The van der Waals surface area contributed by atoms with Crippen LogP contribution in [0.2, 0.25) is 0 Å². The number of nitrogens with zero attached hydrogens (tertiary/aromatic N) is 2. The monoisotopic (exact) mass is 466 g/mol. The van der Waals surface area contributed by atoms with Crippen molar-refractivity contribution in [1.29, 1.82) is 0 Å². The van der Waals surface area contributed by atoms with E-state index in [9.17, 15) is 13.2 Å². The number of rotatable bonds is 8. The maximum atomic E-state index is 12.8. The lowest BCUT2D eigenvalue weighted by Gasteiger charge is -2.28. The zero-order valence-corrected chi connectivity index (χ0v) is 18.9. The van der Waals surface area contributed by atoms with Gasteiger partial charge in [0.2, 0.25) is 0 Å². The van der Waals surface area contributed by atoms with Crippen LogP contribution in [-0.4, -0.2) is 52.2 Å². The highest BCUT2D eigenvalue weighted by Gasteiger charge is 2.16. The second-order valence-electron chi connectivity index (χ2n) is 7.64. The van der Waals surface area contributed by atoms with E-state index in [1.54, 1.807) is 24.5 Å². The summed E-state index contributed by atoms with van der Waals surface area (Å²) in [5, 5.41) is 2.84. The number of pyridine rings is 1. The molecule has 8 nitrogen and oxygen atoms in total. The maximum Gasteiger partial charge on any atom is 0.261 e. The standard InChI is InChI=1S/C24H26N4O4S/c29-24(26-14-11-19-9-12-25-13-10-19)20-1-7-23(8-2-20)33(30,31)27-21-3-5-22(6-4-21)28-15-17-32-18-16-28/h1-10,12-13,27H,11,14-18H2,(H,26,29). The van der Waals surface area contributed by atoms with Crippen LogP contribution in [0.1, 0.15) is 15.9 Å². The topological polar surface area (TPSA) is 101 Å². The van der Waals surface area contributed by atoms with Gasteiger partial charge in [-0.1, -0.05) is 0 Å². The van der Waals surface area contributed by atoms with E-state index in [1.807, 2.05) is 24.3 Å². The average molecular weight is 467 g/mol. The van der Waals surface area contributed by atoms with Crippen molar-refractivity contribution in [1.82, 2.24) is 10.3 Å². The fourth-order valence-electron chi connectivity index (χ4n) is 3.53. The van der Waals surface area contributed by atoms with E-state index in [-0.39, 0.29) is 10.8 Å². The summed E-state index contributed by atoms with van der Waals surface area (Å²) in [7, 11) is -3.77. The van der Waals surface area contributed by atoms with Crippen LogP contribution in [0.15, 0.2) is 78.0 Å². The molecule has 0 bridgehead atoms. The number of hydrogen-bond donors (Lipinski definition) is 2. The van der Waals surface area contributed by atoms with E-state index in [0.29, 0.717) is 37.4 Å². The minimum Gasteiger partial charge on any atom is -0.378 e. The molecule has 0 aliphatic carbocycles. The zero-order valence-electron chi connectivity index (χ0n) is 18.1. The molecular weight excluding hydrogens is 440 g/mol. The number of hydrogen-bond acceptors (Lipinski definition) is 6. The molecule has 2 heterocycles. The Labute approximate surface area is 193 Å². The van der Waals surface area contributed by atoms with E-state index >= 15 is 0 Å². The summed E-state index contributed by atoms with van der Waals surface area (Å²) in [6, 6.07) is 17.0. The Balaban J connectivity index is 1.33. The molecule has 1 fully saturated rings. The number of anilines is 2. The molecule has 2 aromatic carbocycles. The van der Waals surface area contributed by atoms with Crippen molar-refractivity contribution in [3.63, 3.8) is 0 Å². The first-order valence-corrected chi connectivity index (χ1v) is 12.2. The molecule has 0 radical (unpaired) electrons. The fraction of sp³-hybridized carbons (Fsp3) is 0.250. The highest BCUT2D eigenvalue weighted by atomic mass is 32.2. The van der Waals surface area contributed by atoms with Gasteiger partial charge in [0, 0.05) is 49.0 Å². The number of carbonyl (C=O) groups is 1. The molecule has 33 heavy (non-hydrogen) atoms. The summed E-state index contributed by atoms with van der Waals surface area (Å²) >= 11 is 0.